The van der Waals surface area contributed by atoms with Crippen molar-refractivity contribution >= 4 is 9.84 Å². The van der Waals surface area contributed by atoms with Crippen LogP contribution in [0.2, 0.25) is 0 Å². The maximum Gasteiger partial charge on any atom is 0.150 e. The van der Waals surface area contributed by atoms with Gasteiger partial charge >= 0.3 is 0 Å². The zero-order valence-electron chi connectivity index (χ0n) is 12.9. The molecule has 2 N–H and O–H groups in total. The van der Waals surface area contributed by atoms with Crippen LogP contribution in [-0.4, -0.2) is 38.6 Å². The minimum atomic E-state index is -2.87. The lowest BCUT2D eigenvalue weighted by Gasteiger charge is -2.22. The van der Waals surface area contributed by atoms with E-state index < -0.39 is 9.84 Å². The minimum absolute atomic E-state index is 0.147. The number of methoxy groups -OCH3 is 1. The third-order valence-corrected chi connectivity index (χ3v) is 6.24. The van der Waals surface area contributed by atoms with Crippen LogP contribution in [0.4, 0.5) is 0 Å². The van der Waals surface area contributed by atoms with Crippen LogP contribution in [0.5, 0.6) is 5.75 Å². The molecule has 2 atom stereocenters. The second kappa shape index (κ2) is 6.32. The number of pyridine rings is 1. The Bertz CT molecular complexity index is 614. The van der Waals surface area contributed by atoms with Gasteiger partial charge in [-0.3, -0.25) is 4.98 Å². The Morgan fingerprint density at radius 1 is 1.48 bits per heavy atom. The first-order valence-corrected chi connectivity index (χ1v) is 9.09. The Labute approximate surface area is 126 Å². The van der Waals surface area contributed by atoms with Crippen molar-refractivity contribution in [2.75, 3.05) is 25.2 Å². The van der Waals surface area contributed by atoms with Crippen molar-refractivity contribution in [3.63, 3.8) is 0 Å². The average Bonchev–Trinajstić information content (AvgIpc) is 2.79. The normalized spacial score (nSPS) is 22.2. The fourth-order valence-electron chi connectivity index (χ4n) is 3.16. The zero-order chi connectivity index (χ0) is 15.6. The van der Waals surface area contributed by atoms with Crippen LogP contribution >= 0.6 is 0 Å². The quantitative estimate of drug-likeness (QED) is 0.885. The summed E-state index contributed by atoms with van der Waals surface area (Å²) in [5, 5.41) is 0. The van der Waals surface area contributed by atoms with Gasteiger partial charge in [0.2, 0.25) is 0 Å². The molecule has 0 radical (unpaired) electrons. The standard InChI is InChI=1S/C15H24N2O3S/c1-10-8-17-14(11(2)15(10)20-3)6-13(7-16)12-4-5-21(18,19)9-12/h8,12-13H,4-7,9,16H2,1-3H3. The van der Waals surface area contributed by atoms with Gasteiger partial charge in [0.1, 0.15) is 5.75 Å². The van der Waals surface area contributed by atoms with Crippen molar-refractivity contribution in [3.05, 3.63) is 23.0 Å². The molecule has 0 saturated carbocycles. The van der Waals surface area contributed by atoms with Gasteiger partial charge in [-0.05, 0) is 45.1 Å². The SMILES string of the molecule is COc1c(C)cnc(CC(CN)C2CCS(=O)(=O)C2)c1C. The Balaban J connectivity index is 2.20. The Hall–Kier alpha value is -1.14. The van der Waals surface area contributed by atoms with Gasteiger partial charge < -0.3 is 10.5 Å². The number of rotatable bonds is 5. The van der Waals surface area contributed by atoms with Gasteiger partial charge in [0.05, 0.1) is 18.6 Å². The molecule has 1 saturated heterocycles. The van der Waals surface area contributed by atoms with Gasteiger partial charge in [0.15, 0.2) is 9.84 Å². The van der Waals surface area contributed by atoms with E-state index in [1.807, 2.05) is 13.8 Å². The van der Waals surface area contributed by atoms with Crippen LogP contribution in [0.1, 0.15) is 23.2 Å². The molecule has 5 nitrogen and oxygen atoms in total. The van der Waals surface area contributed by atoms with Crippen LogP contribution in [-0.2, 0) is 16.3 Å². The minimum Gasteiger partial charge on any atom is -0.496 e. The van der Waals surface area contributed by atoms with E-state index in [2.05, 4.69) is 4.98 Å². The van der Waals surface area contributed by atoms with E-state index in [1.54, 1.807) is 13.3 Å². The molecule has 2 unspecified atom stereocenters. The lowest BCUT2D eigenvalue weighted by atomic mass is 9.87. The summed E-state index contributed by atoms with van der Waals surface area (Å²) < 4.78 is 28.7. The van der Waals surface area contributed by atoms with Gasteiger partial charge in [0, 0.05) is 23.0 Å². The smallest absolute Gasteiger partial charge is 0.150 e. The van der Waals surface area contributed by atoms with Crippen LogP contribution in [0.25, 0.3) is 0 Å². The summed E-state index contributed by atoms with van der Waals surface area (Å²) in [6, 6.07) is 0. The first-order chi connectivity index (χ1) is 9.88. The molecular weight excluding hydrogens is 288 g/mol. The van der Waals surface area contributed by atoms with E-state index in [0.717, 1.165) is 22.6 Å². The summed E-state index contributed by atoms with van der Waals surface area (Å²) in [7, 11) is -1.22. The fourth-order valence-corrected chi connectivity index (χ4v) is 5.08. The highest BCUT2D eigenvalue weighted by Gasteiger charge is 2.33. The molecule has 1 aromatic rings. The first kappa shape index (κ1) is 16.2. The maximum atomic E-state index is 11.6. The molecule has 0 aromatic carbocycles. The van der Waals surface area contributed by atoms with E-state index >= 15 is 0 Å². The van der Waals surface area contributed by atoms with Gasteiger partial charge in [-0.15, -0.1) is 0 Å². The molecule has 21 heavy (non-hydrogen) atoms. The number of nitrogens with zero attached hydrogens (tertiary/aromatic N) is 1. The Kier molecular flexibility index (Phi) is 4.88. The van der Waals surface area contributed by atoms with Crippen molar-refractivity contribution in [3.8, 4) is 5.75 Å². The van der Waals surface area contributed by atoms with Gasteiger partial charge in [0.25, 0.3) is 0 Å². The average molecular weight is 312 g/mol. The summed E-state index contributed by atoms with van der Waals surface area (Å²) in [6.07, 6.45) is 3.23. The zero-order valence-corrected chi connectivity index (χ0v) is 13.7. The summed E-state index contributed by atoms with van der Waals surface area (Å²) in [6.45, 7) is 4.44. The van der Waals surface area contributed by atoms with Crippen LogP contribution < -0.4 is 10.5 Å². The van der Waals surface area contributed by atoms with Crippen molar-refractivity contribution in [1.29, 1.82) is 0 Å². The number of aromatic nitrogens is 1. The number of sulfone groups is 1. The Morgan fingerprint density at radius 2 is 2.19 bits per heavy atom. The second-order valence-electron chi connectivity index (χ2n) is 5.91. The highest BCUT2D eigenvalue weighted by atomic mass is 32.2. The number of hydrogen-bond acceptors (Lipinski definition) is 5. The van der Waals surface area contributed by atoms with Crippen LogP contribution in [0.3, 0.4) is 0 Å². The molecule has 0 aliphatic carbocycles. The van der Waals surface area contributed by atoms with Crippen molar-refractivity contribution < 1.29 is 13.2 Å². The van der Waals surface area contributed by atoms with E-state index in [1.165, 1.54) is 0 Å². The van der Waals surface area contributed by atoms with E-state index in [-0.39, 0.29) is 23.3 Å². The molecule has 6 heteroatoms. The highest BCUT2D eigenvalue weighted by molar-refractivity contribution is 7.91. The molecule has 0 bridgehead atoms. The van der Waals surface area contributed by atoms with E-state index in [4.69, 9.17) is 10.5 Å². The summed E-state index contributed by atoms with van der Waals surface area (Å²) in [4.78, 5) is 4.50. The maximum absolute atomic E-state index is 11.6. The molecule has 1 fully saturated rings. The van der Waals surface area contributed by atoms with Gasteiger partial charge in [-0.2, -0.15) is 0 Å². The summed E-state index contributed by atoms with van der Waals surface area (Å²) in [5.74, 6) is 1.71. The summed E-state index contributed by atoms with van der Waals surface area (Å²) >= 11 is 0. The molecule has 2 rings (SSSR count). The number of ether oxygens (including phenoxy) is 1. The third kappa shape index (κ3) is 3.55. The molecule has 2 heterocycles. The number of hydrogen-bond donors (Lipinski definition) is 1. The molecule has 1 aliphatic rings. The molecule has 0 amide bonds. The lowest BCUT2D eigenvalue weighted by molar-refractivity contribution is 0.364. The van der Waals surface area contributed by atoms with Crippen LogP contribution in [0, 0.1) is 25.7 Å². The predicted molar refractivity (Wildman–Crippen MR) is 83.3 cm³/mol. The van der Waals surface area contributed by atoms with E-state index in [9.17, 15) is 8.42 Å². The fraction of sp³-hybridized carbons (Fsp3) is 0.667. The van der Waals surface area contributed by atoms with Gasteiger partial charge in [-0.25, -0.2) is 8.42 Å². The van der Waals surface area contributed by atoms with Crippen molar-refractivity contribution in [2.24, 2.45) is 17.6 Å². The first-order valence-electron chi connectivity index (χ1n) is 7.27. The molecular formula is C15H24N2O3S. The summed E-state index contributed by atoms with van der Waals surface area (Å²) in [5.41, 5.74) is 8.87. The van der Waals surface area contributed by atoms with E-state index in [0.29, 0.717) is 19.4 Å². The molecule has 1 aromatic heterocycles. The number of nitrogens with two attached hydrogens (primary N) is 1. The van der Waals surface area contributed by atoms with Crippen molar-refractivity contribution in [2.45, 2.75) is 26.7 Å². The third-order valence-electron chi connectivity index (χ3n) is 4.44. The largest absolute Gasteiger partial charge is 0.496 e. The molecule has 118 valence electrons. The molecule has 1 aliphatic heterocycles. The monoisotopic (exact) mass is 312 g/mol. The number of aryl methyl sites for hydroxylation is 1. The highest BCUT2D eigenvalue weighted by Crippen LogP contribution is 2.30. The molecule has 0 spiro atoms. The van der Waals surface area contributed by atoms with Crippen LogP contribution in [0.15, 0.2) is 6.20 Å². The van der Waals surface area contributed by atoms with Gasteiger partial charge in [-0.1, -0.05) is 0 Å². The second-order valence-corrected chi connectivity index (χ2v) is 8.14. The lowest BCUT2D eigenvalue weighted by Crippen LogP contribution is -2.27. The topological polar surface area (TPSA) is 82.3 Å². The predicted octanol–water partition coefficient (Wildman–Crippen LogP) is 1.26. The Morgan fingerprint density at radius 3 is 2.71 bits per heavy atom. The van der Waals surface area contributed by atoms with Crippen molar-refractivity contribution in [1.82, 2.24) is 4.98 Å².